The smallest absolute Gasteiger partial charge is 0.334 e. The summed E-state index contributed by atoms with van der Waals surface area (Å²) in [5, 5.41) is 11.5. The third-order valence-electron chi connectivity index (χ3n) is 2.03. The second kappa shape index (κ2) is 3.93. The average molecular weight is 214 g/mol. The molecule has 1 saturated heterocycles. The van der Waals surface area contributed by atoms with E-state index in [1.165, 1.54) is 11.3 Å². The maximum atomic E-state index is 10.7. The van der Waals surface area contributed by atoms with Crippen LogP contribution in [0.3, 0.4) is 0 Å². The van der Waals surface area contributed by atoms with Crippen molar-refractivity contribution in [3.05, 3.63) is 11.6 Å². The van der Waals surface area contributed by atoms with Crippen LogP contribution in [-0.2, 0) is 9.53 Å². The number of nitrogens with zero attached hydrogens (tertiary/aromatic N) is 2. The molecule has 1 atom stereocenters. The first-order chi connectivity index (χ1) is 6.77. The molecule has 1 fully saturated rings. The molecule has 2 rings (SSSR count). The molecule has 0 spiro atoms. The fourth-order valence-corrected chi connectivity index (χ4v) is 2.02. The van der Waals surface area contributed by atoms with Crippen molar-refractivity contribution in [3.63, 3.8) is 0 Å². The Morgan fingerprint density at radius 1 is 1.79 bits per heavy atom. The highest BCUT2D eigenvalue weighted by Gasteiger charge is 2.27. The van der Waals surface area contributed by atoms with Gasteiger partial charge in [0.2, 0.25) is 0 Å². The van der Waals surface area contributed by atoms with Crippen molar-refractivity contribution in [1.82, 2.24) is 4.98 Å². The van der Waals surface area contributed by atoms with Gasteiger partial charge in [-0.25, -0.2) is 9.78 Å². The molecule has 0 radical (unpaired) electrons. The molecule has 0 aliphatic carbocycles. The van der Waals surface area contributed by atoms with E-state index in [4.69, 9.17) is 9.84 Å². The fraction of sp³-hybridized carbons (Fsp3) is 0.500. The van der Waals surface area contributed by atoms with Crippen molar-refractivity contribution >= 4 is 22.4 Å². The second-order valence-electron chi connectivity index (χ2n) is 2.96. The van der Waals surface area contributed by atoms with E-state index in [-0.39, 0.29) is 0 Å². The van der Waals surface area contributed by atoms with E-state index in [9.17, 15) is 4.79 Å². The number of carboxylic acids is 1. The molecular weight excluding hydrogens is 204 g/mol. The van der Waals surface area contributed by atoms with Gasteiger partial charge in [-0.2, -0.15) is 0 Å². The lowest BCUT2D eigenvalue weighted by Crippen LogP contribution is -2.46. The Kier molecular flexibility index (Phi) is 2.64. The van der Waals surface area contributed by atoms with Crippen LogP contribution in [0.1, 0.15) is 0 Å². The van der Waals surface area contributed by atoms with Crippen molar-refractivity contribution in [2.24, 2.45) is 0 Å². The van der Waals surface area contributed by atoms with E-state index in [2.05, 4.69) is 4.98 Å². The van der Waals surface area contributed by atoms with Crippen molar-refractivity contribution in [1.29, 1.82) is 0 Å². The summed E-state index contributed by atoms with van der Waals surface area (Å²) in [6.45, 7) is 1.52. The number of ether oxygens (including phenoxy) is 1. The number of rotatable bonds is 2. The molecule has 1 aromatic rings. The van der Waals surface area contributed by atoms with E-state index in [1.54, 1.807) is 6.20 Å². The predicted octanol–water partition coefficient (Wildman–Crippen LogP) is 0.433. The van der Waals surface area contributed by atoms with Crippen LogP contribution in [0.2, 0.25) is 0 Å². The first-order valence-corrected chi connectivity index (χ1v) is 5.14. The van der Waals surface area contributed by atoms with Gasteiger partial charge in [0.25, 0.3) is 0 Å². The third-order valence-corrected chi connectivity index (χ3v) is 2.86. The van der Waals surface area contributed by atoms with Crippen LogP contribution in [-0.4, -0.2) is 41.9 Å². The molecule has 1 aliphatic heterocycles. The van der Waals surface area contributed by atoms with E-state index < -0.39 is 12.1 Å². The highest BCUT2D eigenvalue weighted by molar-refractivity contribution is 7.13. The summed E-state index contributed by atoms with van der Waals surface area (Å²) in [6.07, 6.45) is 0.985. The summed E-state index contributed by atoms with van der Waals surface area (Å²) in [4.78, 5) is 16.8. The van der Waals surface area contributed by atoms with E-state index in [1.807, 2.05) is 10.3 Å². The largest absolute Gasteiger partial charge is 0.479 e. The predicted molar refractivity (Wildman–Crippen MR) is 51.7 cm³/mol. The van der Waals surface area contributed by atoms with Gasteiger partial charge in [0.15, 0.2) is 11.2 Å². The summed E-state index contributed by atoms with van der Waals surface area (Å²) in [5.41, 5.74) is 0. The van der Waals surface area contributed by atoms with Crippen LogP contribution in [0.15, 0.2) is 11.6 Å². The zero-order valence-corrected chi connectivity index (χ0v) is 8.24. The van der Waals surface area contributed by atoms with Crippen LogP contribution >= 0.6 is 11.3 Å². The summed E-state index contributed by atoms with van der Waals surface area (Å²) in [6, 6.07) is 0. The third kappa shape index (κ3) is 1.85. The van der Waals surface area contributed by atoms with Crippen LogP contribution < -0.4 is 4.90 Å². The second-order valence-corrected chi connectivity index (χ2v) is 3.83. The molecule has 14 heavy (non-hydrogen) atoms. The summed E-state index contributed by atoms with van der Waals surface area (Å²) < 4.78 is 5.10. The normalized spacial score (nSPS) is 22.3. The SMILES string of the molecule is O=C(O)[C@H]1CN(c2nccs2)CCO1. The number of aliphatic carboxylic acids is 1. The Morgan fingerprint density at radius 2 is 2.64 bits per heavy atom. The van der Waals surface area contributed by atoms with Gasteiger partial charge in [0.05, 0.1) is 13.2 Å². The first-order valence-electron chi connectivity index (χ1n) is 4.26. The molecule has 1 aliphatic rings. The lowest BCUT2D eigenvalue weighted by molar-refractivity contribution is -0.150. The zero-order chi connectivity index (χ0) is 9.97. The molecule has 0 amide bonds. The zero-order valence-electron chi connectivity index (χ0n) is 7.42. The molecule has 1 N–H and O–H groups in total. The Morgan fingerprint density at radius 3 is 3.29 bits per heavy atom. The topological polar surface area (TPSA) is 62.7 Å². The minimum absolute atomic E-state index is 0.378. The summed E-state index contributed by atoms with van der Waals surface area (Å²) >= 11 is 1.51. The molecule has 0 aromatic carbocycles. The van der Waals surface area contributed by atoms with Crippen molar-refractivity contribution in [2.75, 3.05) is 24.6 Å². The number of hydrogen-bond donors (Lipinski definition) is 1. The molecule has 5 nitrogen and oxygen atoms in total. The lowest BCUT2D eigenvalue weighted by Gasteiger charge is -2.30. The van der Waals surface area contributed by atoms with Gasteiger partial charge in [-0.1, -0.05) is 0 Å². The average Bonchev–Trinajstić information content (AvgIpc) is 2.71. The molecule has 0 bridgehead atoms. The van der Waals surface area contributed by atoms with Crippen molar-refractivity contribution in [2.45, 2.75) is 6.10 Å². The maximum absolute atomic E-state index is 10.7. The highest BCUT2D eigenvalue weighted by Crippen LogP contribution is 2.19. The first kappa shape index (κ1) is 9.42. The number of thiazole rings is 1. The number of hydrogen-bond acceptors (Lipinski definition) is 5. The van der Waals surface area contributed by atoms with Gasteiger partial charge < -0.3 is 14.7 Å². The summed E-state index contributed by atoms with van der Waals surface area (Å²) in [7, 11) is 0. The van der Waals surface area contributed by atoms with Gasteiger partial charge in [0.1, 0.15) is 0 Å². The monoisotopic (exact) mass is 214 g/mol. The van der Waals surface area contributed by atoms with Crippen LogP contribution in [0.5, 0.6) is 0 Å². The van der Waals surface area contributed by atoms with Gasteiger partial charge in [-0.15, -0.1) is 11.3 Å². The van der Waals surface area contributed by atoms with Crippen molar-refractivity contribution < 1.29 is 14.6 Å². The van der Waals surface area contributed by atoms with Crippen molar-refractivity contribution in [3.8, 4) is 0 Å². The van der Waals surface area contributed by atoms with Crippen LogP contribution in [0.4, 0.5) is 5.13 Å². The Bertz CT molecular complexity index is 314. The quantitative estimate of drug-likeness (QED) is 0.773. The van der Waals surface area contributed by atoms with Gasteiger partial charge in [-0.05, 0) is 0 Å². The standard InChI is InChI=1S/C8H10N2O3S/c11-7(12)6-5-10(2-3-13-6)8-9-1-4-14-8/h1,4,6H,2-3,5H2,(H,11,12)/t6-/m1/s1. The fourth-order valence-electron chi connectivity index (χ4n) is 1.34. The van der Waals surface area contributed by atoms with E-state index >= 15 is 0 Å². The van der Waals surface area contributed by atoms with E-state index in [0.29, 0.717) is 19.7 Å². The number of carbonyl (C=O) groups is 1. The number of anilines is 1. The minimum atomic E-state index is -0.911. The Hall–Kier alpha value is -1.14. The maximum Gasteiger partial charge on any atom is 0.334 e. The minimum Gasteiger partial charge on any atom is -0.479 e. The molecular formula is C8H10N2O3S. The van der Waals surface area contributed by atoms with Gasteiger partial charge >= 0.3 is 5.97 Å². The molecule has 76 valence electrons. The lowest BCUT2D eigenvalue weighted by atomic mass is 10.3. The number of morpholine rings is 1. The van der Waals surface area contributed by atoms with Gasteiger partial charge in [0, 0.05) is 18.1 Å². The summed E-state index contributed by atoms with van der Waals surface area (Å²) in [5.74, 6) is -0.911. The van der Waals surface area contributed by atoms with Crippen LogP contribution in [0, 0.1) is 0 Å². The van der Waals surface area contributed by atoms with E-state index in [0.717, 1.165) is 5.13 Å². The number of aromatic nitrogens is 1. The molecule has 6 heteroatoms. The molecule has 0 saturated carbocycles. The number of carboxylic acid groups (broad SMARTS) is 1. The molecule has 0 unspecified atom stereocenters. The van der Waals surface area contributed by atoms with Gasteiger partial charge in [-0.3, -0.25) is 0 Å². The molecule has 1 aromatic heterocycles. The Labute approximate surface area is 84.9 Å². The highest BCUT2D eigenvalue weighted by atomic mass is 32.1. The Balaban J connectivity index is 2.04. The van der Waals surface area contributed by atoms with Crippen LogP contribution in [0.25, 0.3) is 0 Å². The molecule has 2 heterocycles.